The van der Waals surface area contributed by atoms with Gasteiger partial charge < -0.3 is 19.7 Å². The highest BCUT2D eigenvalue weighted by Gasteiger charge is 2.31. The molecule has 6 nitrogen and oxygen atoms in total. The average molecular weight is 509 g/mol. The van der Waals surface area contributed by atoms with E-state index in [1.54, 1.807) is 36.3 Å². The molecule has 3 aromatic rings. The van der Waals surface area contributed by atoms with Crippen molar-refractivity contribution in [2.45, 2.75) is 45.3 Å². The van der Waals surface area contributed by atoms with Gasteiger partial charge in [-0.3, -0.25) is 9.59 Å². The molecule has 0 aromatic heterocycles. The minimum atomic E-state index is -0.728. The fraction of sp³-hybridized carbons (Fsp3) is 0.310. The molecule has 2 atom stereocenters. The van der Waals surface area contributed by atoms with Gasteiger partial charge in [-0.05, 0) is 60.9 Å². The van der Waals surface area contributed by atoms with Gasteiger partial charge in [0.2, 0.25) is 5.91 Å². The molecule has 1 N–H and O–H groups in total. The fourth-order valence-electron chi connectivity index (χ4n) is 3.72. The number of hydrogen-bond acceptors (Lipinski definition) is 4. The lowest BCUT2D eigenvalue weighted by Crippen LogP contribution is -2.53. The van der Waals surface area contributed by atoms with Crippen LogP contribution in [-0.2, 0) is 22.6 Å². The second-order valence-corrected chi connectivity index (χ2v) is 9.08. The molecule has 7 heteroatoms. The van der Waals surface area contributed by atoms with Crippen molar-refractivity contribution in [1.29, 1.82) is 0 Å². The molecule has 0 aliphatic rings. The van der Waals surface area contributed by atoms with E-state index in [4.69, 9.17) is 21.1 Å². The first kappa shape index (κ1) is 27.1. The van der Waals surface area contributed by atoms with Crippen LogP contribution in [0.3, 0.4) is 0 Å². The molecule has 0 spiro atoms. The molecule has 0 fully saturated rings. The van der Waals surface area contributed by atoms with Crippen LogP contribution in [0.1, 0.15) is 31.4 Å². The van der Waals surface area contributed by atoms with Crippen molar-refractivity contribution in [3.8, 4) is 11.5 Å². The lowest BCUT2D eigenvalue weighted by Gasteiger charge is -2.32. The normalized spacial score (nSPS) is 12.3. The monoisotopic (exact) mass is 508 g/mol. The second kappa shape index (κ2) is 13.5. The first-order valence-corrected chi connectivity index (χ1v) is 12.4. The van der Waals surface area contributed by atoms with E-state index in [1.165, 1.54) is 0 Å². The number of carbonyl (C=O) groups excluding carboxylic acids is 2. The van der Waals surface area contributed by atoms with E-state index >= 15 is 0 Å². The van der Waals surface area contributed by atoms with Gasteiger partial charge in [0.1, 0.15) is 17.5 Å². The van der Waals surface area contributed by atoms with E-state index in [0.717, 1.165) is 17.5 Å². The molecule has 2 amide bonds. The maximum atomic E-state index is 13.6. The van der Waals surface area contributed by atoms with Crippen LogP contribution in [-0.4, -0.2) is 42.5 Å². The Hall–Kier alpha value is -3.51. The fourth-order valence-corrected chi connectivity index (χ4v) is 3.85. The molecule has 0 heterocycles. The third-order valence-corrected chi connectivity index (χ3v) is 6.19. The van der Waals surface area contributed by atoms with E-state index in [0.29, 0.717) is 22.9 Å². The molecule has 190 valence electrons. The molecule has 0 aliphatic heterocycles. The summed E-state index contributed by atoms with van der Waals surface area (Å²) < 4.78 is 11.1. The molecule has 0 saturated heterocycles. The topological polar surface area (TPSA) is 67.9 Å². The van der Waals surface area contributed by atoms with Gasteiger partial charge in [-0.15, -0.1) is 0 Å². The minimum absolute atomic E-state index is 0.0186. The van der Waals surface area contributed by atoms with Crippen molar-refractivity contribution in [2.75, 3.05) is 13.7 Å². The van der Waals surface area contributed by atoms with Gasteiger partial charge in [0, 0.05) is 24.0 Å². The zero-order chi connectivity index (χ0) is 25.9. The maximum absolute atomic E-state index is 13.6. The van der Waals surface area contributed by atoms with Gasteiger partial charge in [-0.1, -0.05) is 61.0 Å². The molecule has 0 bridgehead atoms. The van der Waals surface area contributed by atoms with Crippen molar-refractivity contribution >= 4 is 23.4 Å². The van der Waals surface area contributed by atoms with E-state index in [2.05, 4.69) is 5.32 Å². The summed E-state index contributed by atoms with van der Waals surface area (Å²) >= 11 is 5.96. The van der Waals surface area contributed by atoms with E-state index < -0.39 is 6.04 Å². The number of halogens is 1. The third kappa shape index (κ3) is 8.02. The van der Waals surface area contributed by atoms with Crippen LogP contribution >= 0.6 is 11.6 Å². The SMILES string of the molecule is CC[C@H](C)NC(=O)[C@H](Cc1ccccc1)N(Cc1cccc(OC)c1)C(=O)COc1ccc(Cl)cc1. The van der Waals surface area contributed by atoms with E-state index in [-0.39, 0.29) is 31.0 Å². The van der Waals surface area contributed by atoms with Crippen molar-refractivity contribution in [2.24, 2.45) is 0 Å². The highest BCUT2D eigenvalue weighted by atomic mass is 35.5. The second-order valence-electron chi connectivity index (χ2n) is 8.64. The lowest BCUT2D eigenvalue weighted by molar-refractivity contribution is -0.143. The van der Waals surface area contributed by atoms with Gasteiger partial charge in [0.15, 0.2) is 6.61 Å². The number of hydrogen-bond donors (Lipinski definition) is 1. The molecule has 3 rings (SSSR count). The summed E-state index contributed by atoms with van der Waals surface area (Å²) in [6.07, 6.45) is 1.16. The van der Waals surface area contributed by atoms with Crippen LogP contribution in [0.4, 0.5) is 0 Å². The molecular formula is C29H33ClN2O4. The number of carbonyl (C=O) groups is 2. The standard InChI is InChI=1S/C29H33ClN2O4/c1-4-21(2)31-29(34)27(18-22-9-6-5-7-10-22)32(19-23-11-8-12-26(17-23)35-3)28(33)20-36-25-15-13-24(30)14-16-25/h5-17,21,27H,4,18-20H2,1-3H3,(H,31,34)/t21-,27-/m0/s1. The van der Waals surface area contributed by atoms with Gasteiger partial charge in [-0.2, -0.15) is 0 Å². The Bertz CT molecular complexity index is 1120. The number of rotatable bonds is 12. The quantitative estimate of drug-likeness (QED) is 0.361. The third-order valence-electron chi connectivity index (χ3n) is 5.94. The lowest BCUT2D eigenvalue weighted by atomic mass is 10.0. The average Bonchev–Trinajstić information content (AvgIpc) is 2.90. The van der Waals surface area contributed by atoms with Gasteiger partial charge in [0.25, 0.3) is 5.91 Å². The van der Waals surface area contributed by atoms with Crippen molar-refractivity contribution < 1.29 is 19.1 Å². The molecule has 0 aliphatic carbocycles. The van der Waals surface area contributed by atoms with Crippen LogP contribution in [0.5, 0.6) is 11.5 Å². The van der Waals surface area contributed by atoms with Crippen LogP contribution in [0.15, 0.2) is 78.9 Å². The summed E-state index contributed by atoms with van der Waals surface area (Å²) in [5.74, 6) is 0.711. The molecular weight excluding hydrogens is 476 g/mol. The summed E-state index contributed by atoms with van der Waals surface area (Å²) in [4.78, 5) is 28.7. The van der Waals surface area contributed by atoms with E-state index in [1.807, 2.05) is 68.4 Å². The van der Waals surface area contributed by atoms with E-state index in [9.17, 15) is 9.59 Å². The summed E-state index contributed by atoms with van der Waals surface area (Å²) in [6.45, 7) is 3.98. The number of amides is 2. The Labute approximate surface area is 218 Å². The first-order chi connectivity index (χ1) is 17.4. The maximum Gasteiger partial charge on any atom is 0.261 e. The first-order valence-electron chi connectivity index (χ1n) is 12.0. The Morgan fingerprint density at radius 3 is 2.31 bits per heavy atom. The summed E-state index contributed by atoms with van der Waals surface area (Å²) in [5, 5.41) is 3.64. The molecule has 0 unspecified atom stereocenters. The summed E-state index contributed by atoms with van der Waals surface area (Å²) in [6, 6.07) is 23.3. The smallest absolute Gasteiger partial charge is 0.261 e. The van der Waals surface area contributed by atoms with Crippen molar-refractivity contribution in [3.63, 3.8) is 0 Å². The molecule has 0 radical (unpaired) electrons. The van der Waals surface area contributed by atoms with Crippen molar-refractivity contribution in [1.82, 2.24) is 10.2 Å². The predicted octanol–water partition coefficient (Wildman–Crippen LogP) is 5.28. The zero-order valence-corrected chi connectivity index (χ0v) is 21.7. The highest BCUT2D eigenvalue weighted by molar-refractivity contribution is 6.30. The minimum Gasteiger partial charge on any atom is -0.497 e. The summed E-state index contributed by atoms with van der Waals surface area (Å²) in [5.41, 5.74) is 1.81. The number of methoxy groups -OCH3 is 1. The van der Waals surface area contributed by atoms with Gasteiger partial charge in [-0.25, -0.2) is 0 Å². The zero-order valence-electron chi connectivity index (χ0n) is 20.9. The van der Waals surface area contributed by atoms with Crippen molar-refractivity contribution in [3.05, 3.63) is 95.0 Å². The molecule has 36 heavy (non-hydrogen) atoms. The Balaban J connectivity index is 1.92. The number of nitrogens with one attached hydrogen (secondary N) is 1. The molecule has 3 aromatic carbocycles. The summed E-state index contributed by atoms with van der Waals surface area (Å²) in [7, 11) is 1.60. The van der Waals surface area contributed by atoms with Gasteiger partial charge >= 0.3 is 0 Å². The predicted molar refractivity (Wildman–Crippen MR) is 142 cm³/mol. The Morgan fingerprint density at radius 1 is 0.944 bits per heavy atom. The largest absolute Gasteiger partial charge is 0.497 e. The van der Waals surface area contributed by atoms with Gasteiger partial charge in [0.05, 0.1) is 7.11 Å². The number of nitrogens with zero attached hydrogens (tertiary/aromatic N) is 1. The van der Waals surface area contributed by atoms with Crippen LogP contribution in [0, 0.1) is 0 Å². The van der Waals surface area contributed by atoms with Crippen LogP contribution < -0.4 is 14.8 Å². The molecule has 0 saturated carbocycles. The van der Waals surface area contributed by atoms with Crippen LogP contribution in [0.25, 0.3) is 0 Å². The highest BCUT2D eigenvalue weighted by Crippen LogP contribution is 2.20. The number of ether oxygens (including phenoxy) is 2. The Kier molecular flexibility index (Phi) is 10.2. The number of benzene rings is 3. The Morgan fingerprint density at radius 2 is 1.64 bits per heavy atom. The van der Waals surface area contributed by atoms with Crippen LogP contribution in [0.2, 0.25) is 5.02 Å².